The van der Waals surface area contributed by atoms with Crippen molar-refractivity contribution in [2.75, 3.05) is 7.11 Å². The highest BCUT2D eigenvalue weighted by atomic mass is 16.5. The van der Waals surface area contributed by atoms with Crippen molar-refractivity contribution in [2.24, 2.45) is 0 Å². The maximum Gasteiger partial charge on any atom is 0.325 e. The first-order valence-corrected chi connectivity index (χ1v) is 7.02. The smallest absolute Gasteiger partial charge is 0.325 e. The van der Waals surface area contributed by atoms with Gasteiger partial charge in [-0.25, -0.2) is 4.98 Å². The van der Waals surface area contributed by atoms with E-state index in [4.69, 9.17) is 4.74 Å². The normalized spacial score (nSPS) is 10.4. The molecule has 0 saturated carbocycles. The third-order valence-corrected chi connectivity index (χ3v) is 3.46. The van der Waals surface area contributed by atoms with E-state index in [1.165, 1.54) is 7.11 Å². The minimum Gasteiger partial charge on any atom is -0.468 e. The molecule has 0 aliphatic carbocycles. The van der Waals surface area contributed by atoms with Crippen molar-refractivity contribution in [1.82, 2.24) is 9.55 Å². The molecular formula is C18H16N2O2. The molecule has 22 heavy (non-hydrogen) atoms. The van der Waals surface area contributed by atoms with Gasteiger partial charge >= 0.3 is 5.97 Å². The van der Waals surface area contributed by atoms with Gasteiger partial charge in [-0.1, -0.05) is 60.7 Å². The van der Waals surface area contributed by atoms with Gasteiger partial charge in [0.25, 0.3) is 0 Å². The molecule has 0 saturated heterocycles. The Morgan fingerprint density at radius 3 is 2.18 bits per heavy atom. The average molecular weight is 292 g/mol. The molecule has 0 aliphatic heterocycles. The largest absolute Gasteiger partial charge is 0.468 e. The van der Waals surface area contributed by atoms with Crippen LogP contribution in [0.1, 0.15) is 0 Å². The van der Waals surface area contributed by atoms with Crippen LogP contribution in [0, 0.1) is 0 Å². The van der Waals surface area contributed by atoms with Gasteiger partial charge in [-0.05, 0) is 0 Å². The molecule has 1 heterocycles. The Labute approximate surface area is 129 Å². The molecule has 4 heteroatoms. The summed E-state index contributed by atoms with van der Waals surface area (Å²) in [5.41, 5.74) is 3.81. The Hall–Kier alpha value is -2.88. The number of nitrogens with zero attached hydrogens (tertiary/aromatic N) is 2. The van der Waals surface area contributed by atoms with Crippen molar-refractivity contribution in [1.29, 1.82) is 0 Å². The second-order valence-corrected chi connectivity index (χ2v) is 4.88. The van der Waals surface area contributed by atoms with Crippen molar-refractivity contribution in [3.8, 4) is 22.5 Å². The van der Waals surface area contributed by atoms with E-state index in [1.807, 2.05) is 65.2 Å². The first-order valence-electron chi connectivity index (χ1n) is 7.02. The van der Waals surface area contributed by atoms with Crippen LogP contribution in [0.25, 0.3) is 22.5 Å². The zero-order valence-electron chi connectivity index (χ0n) is 12.3. The van der Waals surface area contributed by atoms with Crippen molar-refractivity contribution in [2.45, 2.75) is 6.54 Å². The van der Waals surface area contributed by atoms with Crippen LogP contribution in [0.2, 0.25) is 0 Å². The maximum absolute atomic E-state index is 11.6. The first-order chi connectivity index (χ1) is 10.8. The van der Waals surface area contributed by atoms with Crippen LogP contribution in [0.15, 0.2) is 67.0 Å². The number of rotatable bonds is 4. The summed E-state index contributed by atoms with van der Waals surface area (Å²) in [5.74, 6) is -0.297. The molecule has 0 fully saturated rings. The fraction of sp³-hybridized carbons (Fsp3) is 0.111. The zero-order chi connectivity index (χ0) is 15.4. The number of hydrogen-bond donors (Lipinski definition) is 0. The summed E-state index contributed by atoms with van der Waals surface area (Å²) in [5, 5.41) is 0. The average Bonchev–Trinajstić information content (AvgIpc) is 3.00. The highest BCUT2D eigenvalue weighted by molar-refractivity contribution is 5.80. The molecule has 0 N–H and O–H groups in total. The fourth-order valence-corrected chi connectivity index (χ4v) is 2.41. The Morgan fingerprint density at radius 2 is 1.59 bits per heavy atom. The maximum atomic E-state index is 11.6. The first kappa shape index (κ1) is 14.1. The van der Waals surface area contributed by atoms with Crippen molar-refractivity contribution in [3.05, 3.63) is 67.0 Å². The minimum atomic E-state index is -0.297. The van der Waals surface area contributed by atoms with E-state index in [9.17, 15) is 4.79 Å². The third kappa shape index (κ3) is 2.76. The highest BCUT2D eigenvalue weighted by Gasteiger charge is 2.16. The second kappa shape index (κ2) is 6.26. The number of carbonyl (C=O) groups is 1. The minimum absolute atomic E-state index is 0.139. The third-order valence-electron chi connectivity index (χ3n) is 3.46. The van der Waals surface area contributed by atoms with Crippen LogP contribution >= 0.6 is 0 Å². The van der Waals surface area contributed by atoms with Crippen LogP contribution in [-0.2, 0) is 16.1 Å². The zero-order valence-corrected chi connectivity index (χ0v) is 12.3. The van der Waals surface area contributed by atoms with Gasteiger partial charge in [0.1, 0.15) is 6.54 Å². The van der Waals surface area contributed by atoms with Crippen LogP contribution in [0.4, 0.5) is 0 Å². The Kier molecular flexibility index (Phi) is 4.01. The van der Waals surface area contributed by atoms with Gasteiger partial charge in [-0.2, -0.15) is 0 Å². The molecule has 3 aromatic rings. The molecule has 0 bridgehead atoms. The lowest BCUT2D eigenvalue weighted by atomic mass is 10.0. The molecule has 0 aliphatic rings. The van der Waals surface area contributed by atoms with Gasteiger partial charge in [0.2, 0.25) is 0 Å². The van der Waals surface area contributed by atoms with Gasteiger partial charge < -0.3 is 9.30 Å². The quantitative estimate of drug-likeness (QED) is 0.692. The Bertz CT molecular complexity index is 764. The Balaban J connectivity index is 2.13. The van der Waals surface area contributed by atoms with Crippen molar-refractivity contribution in [3.63, 3.8) is 0 Å². The summed E-state index contributed by atoms with van der Waals surface area (Å²) in [6, 6.07) is 19.9. The standard InChI is InChI=1S/C18H16N2O2/c1-22-16(21)12-20-13-19-17(14-8-4-2-5-9-14)18(20)15-10-6-3-7-11-15/h2-11,13H,12H2,1H3. The summed E-state index contributed by atoms with van der Waals surface area (Å²) < 4.78 is 6.60. The number of benzene rings is 2. The number of imidazole rings is 1. The van der Waals surface area contributed by atoms with E-state index in [1.54, 1.807) is 6.33 Å². The van der Waals surface area contributed by atoms with Crippen LogP contribution in [-0.4, -0.2) is 22.6 Å². The molecule has 2 aromatic carbocycles. The van der Waals surface area contributed by atoms with Gasteiger partial charge in [0.15, 0.2) is 0 Å². The predicted octanol–water partition coefficient (Wildman–Crippen LogP) is 3.39. The molecule has 0 unspecified atom stereocenters. The summed E-state index contributed by atoms with van der Waals surface area (Å²) in [6.07, 6.45) is 1.68. The molecule has 0 radical (unpaired) electrons. The van der Waals surface area contributed by atoms with Crippen LogP contribution < -0.4 is 0 Å². The monoisotopic (exact) mass is 292 g/mol. The summed E-state index contributed by atoms with van der Waals surface area (Å²) in [6.45, 7) is 0.139. The molecule has 0 spiro atoms. The lowest BCUT2D eigenvalue weighted by Crippen LogP contribution is -2.11. The number of ether oxygens (including phenoxy) is 1. The van der Waals surface area contributed by atoms with Crippen molar-refractivity contribution < 1.29 is 9.53 Å². The van der Waals surface area contributed by atoms with E-state index < -0.39 is 0 Å². The molecule has 1 aromatic heterocycles. The molecule has 4 nitrogen and oxygen atoms in total. The van der Waals surface area contributed by atoms with Crippen LogP contribution in [0.3, 0.4) is 0 Å². The number of methoxy groups -OCH3 is 1. The molecule has 110 valence electrons. The number of hydrogen-bond acceptors (Lipinski definition) is 3. The van der Waals surface area contributed by atoms with E-state index in [2.05, 4.69) is 4.98 Å². The summed E-state index contributed by atoms with van der Waals surface area (Å²) in [4.78, 5) is 16.1. The molecule has 0 atom stereocenters. The summed E-state index contributed by atoms with van der Waals surface area (Å²) >= 11 is 0. The topological polar surface area (TPSA) is 44.1 Å². The number of aromatic nitrogens is 2. The second-order valence-electron chi connectivity index (χ2n) is 4.88. The molecular weight excluding hydrogens is 276 g/mol. The highest BCUT2D eigenvalue weighted by Crippen LogP contribution is 2.30. The summed E-state index contributed by atoms with van der Waals surface area (Å²) in [7, 11) is 1.39. The molecule has 3 rings (SSSR count). The van der Waals surface area contributed by atoms with E-state index in [-0.39, 0.29) is 12.5 Å². The molecule has 0 amide bonds. The van der Waals surface area contributed by atoms with E-state index in [0.717, 1.165) is 22.5 Å². The fourth-order valence-electron chi connectivity index (χ4n) is 2.41. The number of esters is 1. The van der Waals surface area contributed by atoms with E-state index >= 15 is 0 Å². The van der Waals surface area contributed by atoms with Gasteiger partial charge in [0, 0.05) is 11.1 Å². The van der Waals surface area contributed by atoms with Gasteiger partial charge in [-0.3, -0.25) is 4.79 Å². The van der Waals surface area contributed by atoms with E-state index in [0.29, 0.717) is 0 Å². The lowest BCUT2D eigenvalue weighted by Gasteiger charge is -2.09. The number of carbonyl (C=O) groups excluding carboxylic acids is 1. The van der Waals surface area contributed by atoms with Gasteiger partial charge in [0.05, 0.1) is 24.8 Å². The predicted molar refractivity (Wildman–Crippen MR) is 85.1 cm³/mol. The van der Waals surface area contributed by atoms with Crippen LogP contribution in [0.5, 0.6) is 0 Å². The lowest BCUT2D eigenvalue weighted by molar-refractivity contribution is -0.141. The Morgan fingerprint density at radius 1 is 1.00 bits per heavy atom. The SMILES string of the molecule is COC(=O)Cn1cnc(-c2ccccc2)c1-c1ccccc1. The van der Waals surface area contributed by atoms with Gasteiger partial charge in [-0.15, -0.1) is 0 Å². The van der Waals surface area contributed by atoms with Crippen molar-refractivity contribution >= 4 is 5.97 Å².